The summed E-state index contributed by atoms with van der Waals surface area (Å²) in [4.78, 5) is 11.6. The molecule has 2 N–H and O–H groups in total. The molecule has 1 amide bonds. The van der Waals surface area contributed by atoms with Gasteiger partial charge in [0, 0.05) is 24.6 Å². The molecule has 18 heavy (non-hydrogen) atoms. The lowest BCUT2D eigenvalue weighted by Crippen LogP contribution is -2.45. The lowest BCUT2D eigenvalue weighted by atomic mass is 9.91. The van der Waals surface area contributed by atoms with Crippen LogP contribution >= 0.6 is 0 Å². The third-order valence-electron chi connectivity index (χ3n) is 3.39. The number of rotatable bonds is 3. The van der Waals surface area contributed by atoms with Crippen LogP contribution in [0.3, 0.4) is 0 Å². The van der Waals surface area contributed by atoms with E-state index in [2.05, 4.69) is 23.6 Å². The number of ether oxygens (including phenoxy) is 1. The van der Waals surface area contributed by atoms with Gasteiger partial charge in [0.15, 0.2) is 0 Å². The van der Waals surface area contributed by atoms with Crippen LogP contribution in [0.15, 0.2) is 24.3 Å². The Hall–Kier alpha value is -1.55. The van der Waals surface area contributed by atoms with Crippen molar-refractivity contribution < 1.29 is 9.53 Å². The van der Waals surface area contributed by atoms with E-state index >= 15 is 0 Å². The summed E-state index contributed by atoms with van der Waals surface area (Å²) in [6.45, 7) is 4.68. The van der Waals surface area contributed by atoms with E-state index in [4.69, 9.17) is 4.74 Å². The summed E-state index contributed by atoms with van der Waals surface area (Å²) in [5, 5.41) is 6.04. The molecule has 0 saturated heterocycles. The Labute approximate surface area is 108 Å². The van der Waals surface area contributed by atoms with Gasteiger partial charge in [-0.1, -0.05) is 25.1 Å². The van der Waals surface area contributed by atoms with Gasteiger partial charge in [0.2, 0.25) is 5.91 Å². The number of carbonyl (C=O) groups excluding carboxylic acids is 1. The first-order chi connectivity index (χ1) is 8.63. The van der Waals surface area contributed by atoms with Crippen LogP contribution < -0.4 is 15.4 Å². The predicted octanol–water partition coefficient (Wildman–Crippen LogP) is 1.48. The van der Waals surface area contributed by atoms with Gasteiger partial charge in [-0.25, -0.2) is 0 Å². The molecule has 1 aromatic rings. The fourth-order valence-electron chi connectivity index (χ4n) is 2.31. The van der Waals surface area contributed by atoms with Gasteiger partial charge >= 0.3 is 0 Å². The van der Waals surface area contributed by atoms with Gasteiger partial charge < -0.3 is 10.1 Å². The normalized spacial score (nSPS) is 23.7. The molecule has 4 heteroatoms. The molecule has 3 atom stereocenters. The first kappa shape index (κ1) is 12.9. The van der Waals surface area contributed by atoms with E-state index in [0.717, 1.165) is 11.3 Å². The van der Waals surface area contributed by atoms with Crippen molar-refractivity contribution in [3.05, 3.63) is 29.8 Å². The second-order valence-corrected chi connectivity index (χ2v) is 4.81. The molecule has 1 aliphatic rings. The van der Waals surface area contributed by atoms with Crippen molar-refractivity contribution in [1.82, 2.24) is 10.6 Å². The van der Waals surface area contributed by atoms with E-state index in [9.17, 15) is 4.79 Å². The molecular weight excluding hydrogens is 228 g/mol. The van der Waals surface area contributed by atoms with Crippen molar-refractivity contribution in [2.24, 2.45) is 5.92 Å². The molecule has 3 unspecified atom stereocenters. The lowest BCUT2D eigenvalue weighted by Gasteiger charge is -2.33. The molecule has 0 spiro atoms. The number of likely N-dealkylation sites (N-methyl/N-ethyl adjacent to an activating group) is 1. The SMILES string of the molecule is CNC(=O)C(C)NC1c2ccccc2OCC1C. The molecule has 4 nitrogen and oxygen atoms in total. The zero-order valence-corrected chi connectivity index (χ0v) is 11.1. The summed E-state index contributed by atoms with van der Waals surface area (Å²) < 4.78 is 5.69. The lowest BCUT2D eigenvalue weighted by molar-refractivity contribution is -0.122. The number of benzene rings is 1. The van der Waals surface area contributed by atoms with Crippen molar-refractivity contribution in [2.45, 2.75) is 25.9 Å². The maximum absolute atomic E-state index is 11.6. The molecule has 0 aromatic heterocycles. The van der Waals surface area contributed by atoms with E-state index in [1.165, 1.54) is 0 Å². The van der Waals surface area contributed by atoms with E-state index in [0.29, 0.717) is 12.5 Å². The second-order valence-electron chi connectivity index (χ2n) is 4.81. The minimum Gasteiger partial charge on any atom is -0.493 e. The Balaban J connectivity index is 2.19. The monoisotopic (exact) mass is 248 g/mol. The van der Waals surface area contributed by atoms with Gasteiger partial charge in [-0.3, -0.25) is 10.1 Å². The zero-order chi connectivity index (χ0) is 13.1. The van der Waals surface area contributed by atoms with Crippen molar-refractivity contribution in [3.63, 3.8) is 0 Å². The Bertz CT molecular complexity index is 434. The maximum Gasteiger partial charge on any atom is 0.236 e. The van der Waals surface area contributed by atoms with Crippen LogP contribution in [0.5, 0.6) is 5.75 Å². The number of carbonyl (C=O) groups is 1. The summed E-state index contributed by atoms with van der Waals surface area (Å²) in [7, 11) is 1.65. The van der Waals surface area contributed by atoms with Crippen LogP contribution in [0, 0.1) is 5.92 Å². The number of para-hydroxylation sites is 1. The molecule has 0 fully saturated rings. The number of hydrogen-bond acceptors (Lipinski definition) is 3. The smallest absolute Gasteiger partial charge is 0.236 e. The minimum absolute atomic E-state index is 0.00572. The van der Waals surface area contributed by atoms with Gasteiger partial charge in [0.05, 0.1) is 12.6 Å². The molecule has 2 rings (SSSR count). The molecule has 0 aliphatic carbocycles. The quantitative estimate of drug-likeness (QED) is 0.852. The fourth-order valence-corrected chi connectivity index (χ4v) is 2.31. The number of hydrogen-bond donors (Lipinski definition) is 2. The van der Waals surface area contributed by atoms with Crippen LogP contribution in [0.2, 0.25) is 0 Å². The van der Waals surface area contributed by atoms with E-state index in [-0.39, 0.29) is 18.0 Å². The number of nitrogens with one attached hydrogen (secondary N) is 2. The fraction of sp³-hybridized carbons (Fsp3) is 0.500. The van der Waals surface area contributed by atoms with Crippen molar-refractivity contribution in [3.8, 4) is 5.75 Å². The largest absolute Gasteiger partial charge is 0.493 e. The van der Waals surface area contributed by atoms with Gasteiger partial charge in [-0.15, -0.1) is 0 Å². The highest BCUT2D eigenvalue weighted by Crippen LogP contribution is 2.35. The summed E-state index contributed by atoms with van der Waals surface area (Å²) in [5.41, 5.74) is 1.13. The zero-order valence-electron chi connectivity index (χ0n) is 11.1. The first-order valence-electron chi connectivity index (χ1n) is 6.33. The van der Waals surface area contributed by atoms with Crippen LogP contribution in [0.4, 0.5) is 0 Å². The molecular formula is C14H20N2O2. The average molecular weight is 248 g/mol. The Morgan fingerprint density at radius 3 is 2.89 bits per heavy atom. The summed E-state index contributed by atoms with van der Waals surface area (Å²) in [6, 6.07) is 7.93. The van der Waals surface area contributed by atoms with Gasteiger partial charge in [0.1, 0.15) is 5.75 Å². The summed E-state index contributed by atoms with van der Waals surface area (Å²) in [6.07, 6.45) is 0. The molecule has 0 bridgehead atoms. The Morgan fingerprint density at radius 2 is 2.17 bits per heavy atom. The Morgan fingerprint density at radius 1 is 1.44 bits per heavy atom. The van der Waals surface area contributed by atoms with E-state index in [1.54, 1.807) is 7.05 Å². The third-order valence-corrected chi connectivity index (χ3v) is 3.39. The average Bonchev–Trinajstić information content (AvgIpc) is 2.41. The van der Waals surface area contributed by atoms with Gasteiger partial charge in [0.25, 0.3) is 0 Å². The van der Waals surface area contributed by atoms with Crippen molar-refractivity contribution >= 4 is 5.91 Å². The number of amides is 1. The van der Waals surface area contributed by atoms with Crippen molar-refractivity contribution in [2.75, 3.05) is 13.7 Å². The van der Waals surface area contributed by atoms with Crippen LogP contribution in [-0.2, 0) is 4.79 Å². The molecule has 0 saturated carbocycles. The highest BCUT2D eigenvalue weighted by atomic mass is 16.5. The minimum atomic E-state index is -0.214. The first-order valence-corrected chi connectivity index (χ1v) is 6.33. The molecule has 1 heterocycles. The maximum atomic E-state index is 11.6. The molecule has 1 aromatic carbocycles. The topological polar surface area (TPSA) is 50.4 Å². The van der Waals surface area contributed by atoms with Crippen LogP contribution in [0.1, 0.15) is 25.5 Å². The predicted molar refractivity (Wildman–Crippen MR) is 70.5 cm³/mol. The molecule has 98 valence electrons. The van der Waals surface area contributed by atoms with Crippen LogP contribution in [-0.4, -0.2) is 25.6 Å². The highest BCUT2D eigenvalue weighted by molar-refractivity contribution is 5.81. The standard InChI is InChI=1S/C14H20N2O2/c1-9-8-18-12-7-5-4-6-11(12)13(9)16-10(2)14(17)15-3/h4-7,9-10,13,16H,8H2,1-3H3,(H,15,17). The number of fused-ring (bicyclic) bond motifs is 1. The molecule has 1 aliphatic heterocycles. The van der Waals surface area contributed by atoms with Gasteiger partial charge in [-0.2, -0.15) is 0 Å². The van der Waals surface area contributed by atoms with E-state index < -0.39 is 0 Å². The second kappa shape index (κ2) is 5.40. The molecule has 0 radical (unpaired) electrons. The van der Waals surface area contributed by atoms with Crippen LogP contribution in [0.25, 0.3) is 0 Å². The van der Waals surface area contributed by atoms with E-state index in [1.807, 2.05) is 25.1 Å². The highest BCUT2D eigenvalue weighted by Gasteiger charge is 2.29. The van der Waals surface area contributed by atoms with Gasteiger partial charge in [-0.05, 0) is 13.0 Å². The summed E-state index contributed by atoms with van der Waals surface area (Å²) in [5.74, 6) is 1.26. The van der Waals surface area contributed by atoms with Crippen molar-refractivity contribution in [1.29, 1.82) is 0 Å². The summed E-state index contributed by atoms with van der Waals surface area (Å²) >= 11 is 0. The Kier molecular flexibility index (Phi) is 3.87. The third kappa shape index (κ3) is 2.48.